The van der Waals surface area contributed by atoms with Crippen LogP contribution in [0.25, 0.3) is 0 Å². The summed E-state index contributed by atoms with van der Waals surface area (Å²) in [6, 6.07) is 6.46. The molecule has 0 radical (unpaired) electrons. The van der Waals surface area contributed by atoms with Crippen LogP contribution in [0, 0.1) is 11.6 Å². The first-order valence-electron chi connectivity index (χ1n) is 5.17. The van der Waals surface area contributed by atoms with E-state index in [1.807, 2.05) is 0 Å². The third-order valence-corrected chi connectivity index (χ3v) is 3.59. The van der Waals surface area contributed by atoms with E-state index >= 15 is 0 Å². The Labute approximate surface area is 126 Å². The molecule has 0 aliphatic carbocycles. The first-order valence-corrected chi connectivity index (χ1v) is 6.72. The Morgan fingerprint density at radius 1 is 1.05 bits per heavy atom. The lowest BCUT2D eigenvalue weighted by Crippen LogP contribution is -2.06. The molecule has 1 unspecified atom stereocenters. The summed E-state index contributed by atoms with van der Waals surface area (Å²) in [5.74, 6) is -1.71. The summed E-state index contributed by atoms with van der Waals surface area (Å²) < 4.78 is 27.8. The maximum absolute atomic E-state index is 13.8. The maximum atomic E-state index is 13.8. The summed E-state index contributed by atoms with van der Waals surface area (Å²) in [5, 5.41) is 10.6. The molecule has 0 aliphatic rings. The Bertz CT molecular complexity index is 611. The fourth-order valence-electron chi connectivity index (χ4n) is 1.69. The van der Waals surface area contributed by atoms with Gasteiger partial charge in [-0.1, -0.05) is 45.2 Å². The standard InChI is InChI=1S/C13H7BrCl2F2O/c14-6-3-10(17)12(11(18)4-6)13(19)8-2-1-7(15)5-9(8)16/h1-5,13,19H. The topological polar surface area (TPSA) is 20.2 Å². The SMILES string of the molecule is OC(c1ccc(Cl)cc1Cl)c1c(F)cc(Br)cc1F. The molecule has 19 heavy (non-hydrogen) atoms. The molecular weight excluding hydrogens is 361 g/mol. The van der Waals surface area contributed by atoms with Crippen molar-refractivity contribution in [2.45, 2.75) is 6.10 Å². The van der Waals surface area contributed by atoms with Crippen LogP contribution in [0.2, 0.25) is 10.0 Å². The smallest absolute Gasteiger partial charge is 0.133 e. The molecule has 2 aromatic rings. The molecule has 1 atom stereocenters. The van der Waals surface area contributed by atoms with Gasteiger partial charge in [0.1, 0.15) is 17.7 Å². The third kappa shape index (κ3) is 3.08. The molecule has 0 fully saturated rings. The van der Waals surface area contributed by atoms with Gasteiger partial charge in [0.2, 0.25) is 0 Å². The van der Waals surface area contributed by atoms with Gasteiger partial charge in [-0.05, 0) is 24.3 Å². The van der Waals surface area contributed by atoms with E-state index in [4.69, 9.17) is 23.2 Å². The van der Waals surface area contributed by atoms with E-state index in [1.54, 1.807) is 0 Å². The van der Waals surface area contributed by atoms with Crippen molar-refractivity contribution in [2.24, 2.45) is 0 Å². The van der Waals surface area contributed by atoms with E-state index in [0.717, 1.165) is 12.1 Å². The summed E-state index contributed by atoms with van der Waals surface area (Å²) in [6.45, 7) is 0. The number of benzene rings is 2. The highest BCUT2D eigenvalue weighted by Gasteiger charge is 2.22. The van der Waals surface area contributed by atoms with Gasteiger partial charge in [-0.25, -0.2) is 8.78 Å². The van der Waals surface area contributed by atoms with Crippen LogP contribution in [0.1, 0.15) is 17.2 Å². The zero-order valence-corrected chi connectivity index (χ0v) is 12.4. The molecule has 0 saturated carbocycles. The van der Waals surface area contributed by atoms with E-state index in [9.17, 15) is 13.9 Å². The van der Waals surface area contributed by atoms with Gasteiger partial charge in [0, 0.05) is 20.1 Å². The molecule has 0 amide bonds. The van der Waals surface area contributed by atoms with Gasteiger partial charge in [-0.15, -0.1) is 0 Å². The van der Waals surface area contributed by atoms with Crippen LogP contribution in [0.15, 0.2) is 34.8 Å². The van der Waals surface area contributed by atoms with Crippen molar-refractivity contribution in [3.63, 3.8) is 0 Å². The van der Waals surface area contributed by atoms with Gasteiger partial charge in [0.25, 0.3) is 0 Å². The molecule has 2 aromatic carbocycles. The van der Waals surface area contributed by atoms with Crippen molar-refractivity contribution in [1.29, 1.82) is 0 Å². The van der Waals surface area contributed by atoms with Crippen molar-refractivity contribution in [1.82, 2.24) is 0 Å². The minimum atomic E-state index is -1.50. The van der Waals surface area contributed by atoms with Crippen LogP contribution in [-0.2, 0) is 0 Å². The second kappa shape index (κ2) is 5.75. The fourth-order valence-corrected chi connectivity index (χ4v) is 2.61. The molecule has 1 N–H and O–H groups in total. The quantitative estimate of drug-likeness (QED) is 0.781. The van der Waals surface area contributed by atoms with Gasteiger partial charge >= 0.3 is 0 Å². The Hall–Kier alpha value is -0.680. The first-order chi connectivity index (χ1) is 8.90. The number of aliphatic hydroxyl groups is 1. The Kier molecular flexibility index (Phi) is 4.46. The van der Waals surface area contributed by atoms with Crippen LogP contribution < -0.4 is 0 Å². The first kappa shape index (κ1) is 14.7. The summed E-state index contributed by atoms with van der Waals surface area (Å²) in [4.78, 5) is 0. The van der Waals surface area contributed by atoms with Crippen LogP contribution >= 0.6 is 39.1 Å². The van der Waals surface area contributed by atoms with Crippen molar-refractivity contribution in [3.8, 4) is 0 Å². The highest BCUT2D eigenvalue weighted by molar-refractivity contribution is 9.10. The second-order valence-electron chi connectivity index (χ2n) is 3.85. The lowest BCUT2D eigenvalue weighted by atomic mass is 10.0. The maximum Gasteiger partial charge on any atom is 0.133 e. The van der Waals surface area contributed by atoms with Crippen LogP contribution in [-0.4, -0.2) is 5.11 Å². The largest absolute Gasteiger partial charge is 0.383 e. The molecule has 100 valence electrons. The lowest BCUT2D eigenvalue weighted by Gasteiger charge is -2.15. The van der Waals surface area contributed by atoms with Crippen molar-refractivity contribution in [3.05, 3.63) is 67.6 Å². The van der Waals surface area contributed by atoms with Crippen LogP contribution in [0.3, 0.4) is 0 Å². The molecule has 0 saturated heterocycles. The van der Waals surface area contributed by atoms with Gasteiger partial charge in [0.05, 0.1) is 5.56 Å². The van der Waals surface area contributed by atoms with Gasteiger partial charge in [-0.3, -0.25) is 0 Å². The predicted molar refractivity (Wildman–Crippen MR) is 74.6 cm³/mol. The molecule has 1 nitrogen and oxygen atoms in total. The number of aliphatic hydroxyl groups excluding tert-OH is 1. The molecule has 6 heteroatoms. The number of hydrogen-bond acceptors (Lipinski definition) is 1. The molecule has 0 spiro atoms. The summed E-state index contributed by atoms with van der Waals surface area (Å²) in [7, 11) is 0. The summed E-state index contributed by atoms with van der Waals surface area (Å²) in [5.41, 5.74) is -0.265. The van der Waals surface area contributed by atoms with Crippen LogP contribution in [0.5, 0.6) is 0 Å². The zero-order valence-electron chi connectivity index (χ0n) is 9.30. The average molecular weight is 368 g/mol. The van der Waals surface area contributed by atoms with Crippen molar-refractivity contribution < 1.29 is 13.9 Å². The predicted octanol–water partition coefficient (Wildman–Crippen LogP) is 5.12. The second-order valence-corrected chi connectivity index (χ2v) is 5.61. The number of halogens is 5. The monoisotopic (exact) mass is 366 g/mol. The molecule has 0 heterocycles. The number of hydrogen-bond donors (Lipinski definition) is 1. The Morgan fingerprint density at radius 2 is 1.63 bits per heavy atom. The highest BCUT2D eigenvalue weighted by Crippen LogP contribution is 2.33. The van der Waals surface area contributed by atoms with E-state index in [2.05, 4.69) is 15.9 Å². The molecule has 2 rings (SSSR count). The van der Waals surface area contributed by atoms with Gasteiger partial charge in [-0.2, -0.15) is 0 Å². The Morgan fingerprint density at radius 3 is 2.16 bits per heavy atom. The van der Waals surface area contributed by atoms with Crippen molar-refractivity contribution >= 4 is 39.1 Å². The van der Waals surface area contributed by atoms with Gasteiger partial charge in [0.15, 0.2) is 0 Å². The molecule has 0 aliphatic heterocycles. The average Bonchev–Trinajstić information content (AvgIpc) is 2.26. The fraction of sp³-hybridized carbons (Fsp3) is 0.0769. The number of rotatable bonds is 2. The third-order valence-electron chi connectivity index (χ3n) is 2.57. The normalized spacial score (nSPS) is 12.5. The van der Waals surface area contributed by atoms with Gasteiger partial charge < -0.3 is 5.11 Å². The van der Waals surface area contributed by atoms with E-state index in [0.29, 0.717) is 5.02 Å². The molecule has 0 bridgehead atoms. The minimum Gasteiger partial charge on any atom is -0.383 e. The minimum absolute atomic E-state index is 0.140. The van der Waals surface area contributed by atoms with Crippen LogP contribution in [0.4, 0.5) is 8.78 Å². The molecular formula is C13H7BrCl2F2O. The summed E-state index contributed by atoms with van der Waals surface area (Å²) >= 11 is 14.6. The van der Waals surface area contributed by atoms with E-state index in [-0.39, 0.29) is 15.1 Å². The van der Waals surface area contributed by atoms with E-state index in [1.165, 1.54) is 18.2 Å². The van der Waals surface area contributed by atoms with E-state index < -0.39 is 23.3 Å². The zero-order chi connectivity index (χ0) is 14.2. The van der Waals surface area contributed by atoms with Crippen molar-refractivity contribution in [2.75, 3.05) is 0 Å². The lowest BCUT2D eigenvalue weighted by molar-refractivity contribution is 0.209. The highest BCUT2D eigenvalue weighted by atomic mass is 79.9. The Balaban J connectivity index is 2.53. The molecule has 0 aromatic heterocycles. The summed E-state index contributed by atoms with van der Waals surface area (Å²) in [6.07, 6.45) is -1.50.